The molecule has 0 saturated carbocycles. The molecule has 5 nitrogen and oxygen atoms in total. The third-order valence-electron chi connectivity index (χ3n) is 3.77. The topological polar surface area (TPSA) is 61.8 Å². The van der Waals surface area contributed by atoms with Crippen LogP contribution >= 0.6 is 23.4 Å². The van der Waals surface area contributed by atoms with Gasteiger partial charge in [0.1, 0.15) is 5.25 Å². The molecule has 134 valence electrons. The maximum Gasteiger partial charge on any atom is 0.247 e. The maximum atomic E-state index is 12.7. The molecule has 0 aliphatic carbocycles. The fourth-order valence-electron chi connectivity index (χ4n) is 2.59. The molecule has 1 heterocycles. The van der Waals surface area contributed by atoms with Gasteiger partial charge in [0.2, 0.25) is 11.8 Å². The Kier molecular flexibility index (Phi) is 5.96. The van der Waals surface area contributed by atoms with E-state index in [2.05, 4.69) is 10.3 Å². The summed E-state index contributed by atoms with van der Waals surface area (Å²) in [5, 5.41) is 3.96. The van der Waals surface area contributed by atoms with Crippen molar-refractivity contribution in [3.63, 3.8) is 0 Å². The Bertz CT molecular complexity index is 824. The second kappa shape index (κ2) is 8.38. The number of benzene rings is 2. The van der Waals surface area contributed by atoms with E-state index >= 15 is 0 Å². The Morgan fingerprint density at radius 1 is 1.19 bits per heavy atom. The van der Waals surface area contributed by atoms with Crippen LogP contribution in [0.4, 0.5) is 11.4 Å². The van der Waals surface area contributed by atoms with Crippen molar-refractivity contribution < 1.29 is 9.59 Å². The fourth-order valence-corrected chi connectivity index (χ4v) is 3.79. The zero-order valence-corrected chi connectivity index (χ0v) is 15.8. The number of nitrogens with one attached hydrogen (secondary N) is 1. The van der Waals surface area contributed by atoms with Gasteiger partial charge in [-0.05, 0) is 43.3 Å². The molecule has 1 aliphatic heterocycles. The number of hydrogen-bond donors (Lipinski definition) is 1. The highest BCUT2D eigenvalue weighted by molar-refractivity contribution is 8.15. The quantitative estimate of drug-likeness (QED) is 0.485. The number of carbonyl (C=O) groups is 2. The second-order valence-electron chi connectivity index (χ2n) is 5.62. The minimum atomic E-state index is -0.493. The number of amidine groups is 1. The van der Waals surface area contributed by atoms with Crippen molar-refractivity contribution in [2.24, 2.45) is 4.99 Å². The molecule has 1 unspecified atom stereocenters. The predicted octanol–water partition coefficient (Wildman–Crippen LogP) is 4.19. The highest BCUT2D eigenvalue weighted by atomic mass is 35.5. The number of nitrogens with zero attached hydrogens (tertiary/aromatic N) is 2. The van der Waals surface area contributed by atoms with Crippen molar-refractivity contribution in [3.8, 4) is 0 Å². The number of halogens is 1. The monoisotopic (exact) mass is 387 g/mol. The maximum absolute atomic E-state index is 12.7. The third-order valence-corrected chi connectivity index (χ3v) is 5.13. The number of aliphatic imine (C=N–C) groups is 1. The lowest BCUT2D eigenvalue weighted by atomic mass is 10.3. The first-order valence-corrected chi connectivity index (χ1v) is 9.49. The number of thioether (sulfide) groups is 1. The molecule has 0 bridgehead atoms. The van der Waals surface area contributed by atoms with Crippen molar-refractivity contribution in [2.75, 3.05) is 16.8 Å². The van der Waals surface area contributed by atoms with Crippen LogP contribution in [0.3, 0.4) is 0 Å². The van der Waals surface area contributed by atoms with E-state index < -0.39 is 5.25 Å². The van der Waals surface area contributed by atoms with E-state index in [-0.39, 0.29) is 18.2 Å². The summed E-state index contributed by atoms with van der Waals surface area (Å²) in [6.45, 7) is 2.49. The summed E-state index contributed by atoms with van der Waals surface area (Å²) in [4.78, 5) is 30.8. The molecule has 1 fully saturated rings. The van der Waals surface area contributed by atoms with Crippen LogP contribution < -0.4 is 10.2 Å². The molecule has 1 atom stereocenters. The van der Waals surface area contributed by atoms with E-state index in [9.17, 15) is 9.59 Å². The minimum Gasteiger partial charge on any atom is -0.335 e. The van der Waals surface area contributed by atoms with Crippen molar-refractivity contribution in [1.29, 1.82) is 0 Å². The molecule has 26 heavy (non-hydrogen) atoms. The van der Waals surface area contributed by atoms with Gasteiger partial charge in [0, 0.05) is 23.7 Å². The van der Waals surface area contributed by atoms with Gasteiger partial charge in [-0.15, -0.1) is 0 Å². The summed E-state index contributed by atoms with van der Waals surface area (Å²) < 4.78 is 0. The number of carbonyl (C=O) groups excluding carboxylic acids is 2. The fraction of sp³-hybridized carbons (Fsp3) is 0.211. The van der Waals surface area contributed by atoms with Crippen molar-refractivity contribution in [1.82, 2.24) is 0 Å². The van der Waals surface area contributed by atoms with Gasteiger partial charge >= 0.3 is 0 Å². The molecule has 2 amide bonds. The molecule has 1 N–H and O–H groups in total. The first-order chi connectivity index (χ1) is 12.6. The Labute approximate surface area is 161 Å². The van der Waals surface area contributed by atoms with Crippen LogP contribution in [0, 0.1) is 0 Å². The molecule has 1 aliphatic rings. The van der Waals surface area contributed by atoms with Crippen molar-refractivity contribution >= 4 is 51.7 Å². The van der Waals surface area contributed by atoms with Gasteiger partial charge < -0.3 is 5.32 Å². The highest BCUT2D eigenvalue weighted by Crippen LogP contribution is 2.30. The molecule has 0 spiro atoms. The summed E-state index contributed by atoms with van der Waals surface area (Å²) in [7, 11) is 0. The zero-order valence-electron chi connectivity index (χ0n) is 14.2. The predicted molar refractivity (Wildman–Crippen MR) is 108 cm³/mol. The number of anilines is 2. The lowest BCUT2D eigenvalue weighted by Gasteiger charge is -2.15. The van der Waals surface area contributed by atoms with Gasteiger partial charge in [0.25, 0.3) is 0 Å². The average Bonchev–Trinajstić information content (AvgIpc) is 2.91. The van der Waals surface area contributed by atoms with Gasteiger partial charge in [0.05, 0.1) is 5.69 Å². The van der Waals surface area contributed by atoms with Crippen molar-refractivity contribution in [2.45, 2.75) is 18.6 Å². The molecule has 7 heteroatoms. The van der Waals surface area contributed by atoms with E-state index in [1.807, 2.05) is 37.3 Å². The van der Waals surface area contributed by atoms with Crippen molar-refractivity contribution in [3.05, 3.63) is 59.6 Å². The van der Waals surface area contributed by atoms with Gasteiger partial charge in [-0.3, -0.25) is 14.6 Å². The molecule has 2 aromatic rings. The van der Waals surface area contributed by atoms with Gasteiger partial charge in [-0.1, -0.05) is 41.6 Å². The van der Waals surface area contributed by atoms with Gasteiger partial charge in [-0.25, -0.2) is 4.90 Å². The number of hydrogen-bond acceptors (Lipinski definition) is 4. The highest BCUT2D eigenvalue weighted by Gasteiger charge is 2.40. The smallest absolute Gasteiger partial charge is 0.247 e. The normalized spacial score (nSPS) is 17.7. The molecule has 0 radical (unpaired) electrons. The number of imide groups is 1. The number of para-hydroxylation sites is 1. The summed E-state index contributed by atoms with van der Waals surface area (Å²) in [5.74, 6) is -0.408. The van der Waals surface area contributed by atoms with Crippen LogP contribution in [0.15, 0.2) is 59.6 Å². The van der Waals surface area contributed by atoms with E-state index in [0.717, 1.165) is 5.69 Å². The van der Waals surface area contributed by atoms with Crippen LogP contribution in [-0.2, 0) is 9.59 Å². The van der Waals surface area contributed by atoms with Crippen LogP contribution in [0.2, 0.25) is 5.02 Å². The van der Waals surface area contributed by atoms with Gasteiger partial charge in [-0.2, -0.15) is 0 Å². The molecule has 2 aromatic carbocycles. The first-order valence-electron chi connectivity index (χ1n) is 8.24. The van der Waals surface area contributed by atoms with Crippen LogP contribution in [-0.4, -0.2) is 28.8 Å². The Balaban J connectivity index is 1.73. The number of amides is 2. The van der Waals surface area contributed by atoms with Gasteiger partial charge in [0.15, 0.2) is 5.17 Å². The zero-order chi connectivity index (χ0) is 18.5. The van der Waals surface area contributed by atoms with E-state index in [1.165, 1.54) is 16.7 Å². The second-order valence-corrected chi connectivity index (χ2v) is 7.25. The molecule has 1 saturated heterocycles. The summed E-state index contributed by atoms with van der Waals surface area (Å²) in [5.41, 5.74) is 1.43. The molecular weight excluding hydrogens is 370 g/mol. The van der Waals surface area contributed by atoms with E-state index in [1.54, 1.807) is 24.3 Å². The third kappa shape index (κ3) is 4.26. The SMILES string of the molecule is CCN=C(Nc1ccc(Cl)cc1)SC1CC(=O)N(c2ccccc2)C1=O. The number of rotatable bonds is 4. The summed E-state index contributed by atoms with van der Waals surface area (Å²) in [6, 6.07) is 16.2. The Morgan fingerprint density at radius 3 is 2.54 bits per heavy atom. The average molecular weight is 388 g/mol. The molecule has 3 rings (SSSR count). The molecular formula is C19H18ClN3O2S. The largest absolute Gasteiger partial charge is 0.335 e. The summed E-state index contributed by atoms with van der Waals surface area (Å²) >= 11 is 7.19. The van der Waals surface area contributed by atoms with E-state index in [4.69, 9.17) is 11.6 Å². The van der Waals surface area contributed by atoms with Crippen LogP contribution in [0.25, 0.3) is 0 Å². The summed E-state index contributed by atoms with van der Waals surface area (Å²) in [6.07, 6.45) is 0.156. The lowest BCUT2D eigenvalue weighted by Crippen LogP contribution is -2.31. The molecule has 0 aromatic heterocycles. The van der Waals surface area contributed by atoms with Crippen LogP contribution in [0.1, 0.15) is 13.3 Å². The standard InChI is InChI=1S/C19H18ClN3O2S/c1-2-21-19(22-14-10-8-13(20)9-11-14)26-16-12-17(24)23(18(16)25)15-6-4-3-5-7-15/h3-11,16H,2,12H2,1H3,(H,21,22). The Hall–Kier alpha value is -2.31. The minimum absolute atomic E-state index is 0.156. The van der Waals surface area contributed by atoms with E-state index in [0.29, 0.717) is 22.4 Å². The first kappa shape index (κ1) is 18.5. The lowest BCUT2D eigenvalue weighted by molar-refractivity contribution is -0.121. The van der Waals surface area contributed by atoms with Crippen LogP contribution in [0.5, 0.6) is 0 Å². The Morgan fingerprint density at radius 2 is 1.88 bits per heavy atom.